The SMILES string of the molecule is COc1ccc(Cn2nccc2N2C(S(=O)(=O)c3ccc(F)cc3)=Cc3ccccc3C2N)cc1. The van der Waals surface area contributed by atoms with Gasteiger partial charge in [-0.2, -0.15) is 5.10 Å². The van der Waals surface area contributed by atoms with Crippen molar-refractivity contribution in [3.8, 4) is 5.75 Å². The number of anilines is 1. The molecule has 1 aliphatic rings. The number of halogens is 1. The molecule has 1 aliphatic heterocycles. The van der Waals surface area contributed by atoms with Gasteiger partial charge in [-0.3, -0.25) is 4.90 Å². The Morgan fingerprint density at radius 1 is 1.00 bits per heavy atom. The van der Waals surface area contributed by atoms with E-state index in [0.29, 0.717) is 17.9 Å². The largest absolute Gasteiger partial charge is 0.497 e. The highest BCUT2D eigenvalue weighted by Gasteiger charge is 2.36. The number of methoxy groups -OCH3 is 1. The first-order valence-electron chi connectivity index (χ1n) is 10.9. The minimum Gasteiger partial charge on any atom is -0.497 e. The summed E-state index contributed by atoms with van der Waals surface area (Å²) in [6, 6.07) is 21.4. The van der Waals surface area contributed by atoms with E-state index in [2.05, 4.69) is 5.10 Å². The number of hydrogen-bond acceptors (Lipinski definition) is 6. The van der Waals surface area contributed by atoms with E-state index in [-0.39, 0.29) is 9.92 Å². The number of aromatic nitrogens is 2. The van der Waals surface area contributed by atoms with Crippen LogP contribution in [0.1, 0.15) is 22.9 Å². The first-order chi connectivity index (χ1) is 16.9. The zero-order valence-electron chi connectivity index (χ0n) is 18.9. The zero-order chi connectivity index (χ0) is 24.6. The maximum absolute atomic E-state index is 13.8. The van der Waals surface area contributed by atoms with Gasteiger partial charge in [0.1, 0.15) is 28.6 Å². The maximum Gasteiger partial charge on any atom is 0.222 e. The van der Waals surface area contributed by atoms with Gasteiger partial charge in [0.15, 0.2) is 0 Å². The monoisotopic (exact) mass is 490 g/mol. The molecule has 0 fully saturated rings. The second kappa shape index (κ2) is 9.01. The third-order valence-electron chi connectivity index (χ3n) is 5.94. The van der Waals surface area contributed by atoms with Crippen LogP contribution in [0, 0.1) is 5.82 Å². The van der Waals surface area contributed by atoms with Gasteiger partial charge in [0.25, 0.3) is 0 Å². The summed E-state index contributed by atoms with van der Waals surface area (Å²) in [5, 5.41) is 4.43. The molecule has 0 aliphatic carbocycles. The van der Waals surface area contributed by atoms with Crippen LogP contribution in [0.2, 0.25) is 0 Å². The summed E-state index contributed by atoms with van der Waals surface area (Å²) in [6.07, 6.45) is 2.42. The standard InChI is InChI=1S/C26H23FN4O3S/c1-34-21-10-6-18(7-11-21)17-30-24(14-15-29-30)31-25(16-19-4-2-3-5-23(19)26(31)28)35(32,33)22-12-8-20(27)9-13-22/h2-16,26H,17,28H2,1H3. The van der Waals surface area contributed by atoms with Gasteiger partial charge in [-0.25, -0.2) is 17.5 Å². The van der Waals surface area contributed by atoms with E-state index in [1.807, 2.05) is 48.5 Å². The number of ether oxygens (including phenoxy) is 1. The number of nitrogens with zero attached hydrogens (tertiary/aromatic N) is 3. The van der Waals surface area contributed by atoms with Crippen molar-refractivity contribution in [1.29, 1.82) is 0 Å². The Balaban J connectivity index is 1.62. The summed E-state index contributed by atoms with van der Waals surface area (Å²) >= 11 is 0. The Morgan fingerprint density at radius 2 is 1.71 bits per heavy atom. The second-order valence-electron chi connectivity index (χ2n) is 8.08. The summed E-state index contributed by atoms with van der Waals surface area (Å²) in [5.74, 6) is 0.734. The van der Waals surface area contributed by atoms with Gasteiger partial charge in [-0.1, -0.05) is 36.4 Å². The zero-order valence-corrected chi connectivity index (χ0v) is 19.7. The molecule has 0 bridgehead atoms. The first kappa shape index (κ1) is 22.8. The fourth-order valence-corrected chi connectivity index (χ4v) is 5.63. The molecule has 7 nitrogen and oxygen atoms in total. The van der Waals surface area contributed by atoms with E-state index >= 15 is 0 Å². The maximum atomic E-state index is 13.8. The molecule has 1 aromatic heterocycles. The Morgan fingerprint density at radius 3 is 2.43 bits per heavy atom. The van der Waals surface area contributed by atoms with Gasteiger partial charge in [-0.05, 0) is 59.2 Å². The van der Waals surface area contributed by atoms with Crippen molar-refractivity contribution in [2.24, 2.45) is 5.73 Å². The van der Waals surface area contributed by atoms with Crippen LogP contribution in [-0.2, 0) is 16.4 Å². The lowest BCUT2D eigenvalue weighted by Crippen LogP contribution is -2.40. The Kier molecular flexibility index (Phi) is 5.88. The van der Waals surface area contributed by atoms with Gasteiger partial charge < -0.3 is 10.5 Å². The molecular formula is C26H23FN4O3S. The van der Waals surface area contributed by atoms with Crippen molar-refractivity contribution in [3.63, 3.8) is 0 Å². The summed E-state index contributed by atoms with van der Waals surface area (Å²) in [5.41, 5.74) is 9.11. The topological polar surface area (TPSA) is 90.5 Å². The van der Waals surface area contributed by atoms with Gasteiger partial charge >= 0.3 is 0 Å². The first-order valence-corrected chi connectivity index (χ1v) is 12.4. The van der Waals surface area contributed by atoms with Crippen LogP contribution in [0.4, 0.5) is 10.2 Å². The number of fused-ring (bicyclic) bond motifs is 1. The van der Waals surface area contributed by atoms with Crippen molar-refractivity contribution in [1.82, 2.24) is 9.78 Å². The lowest BCUT2D eigenvalue weighted by Gasteiger charge is -2.36. The molecule has 3 aromatic carbocycles. The summed E-state index contributed by atoms with van der Waals surface area (Å²) in [6.45, 7) is 0.390. The van der Waals surface area contributed by atoms with E-state index in [1.54, 1.807) is 35.0 Å². The fourth-order valence-electron chi connectivity index (χ4n) is 4.14. The van der Waals surface area contributed by atoms with Gasteiger partial charge in [0.2, 0.25) is 9.84 Å². The minimum absolute atomic E-state index is 0.00760. The average Bonchev–Trinajstić information content (AvgIpc) is 3.32. The molecule has 0 saturated carbocycles. The predicted molar refractivity (Wildman–Crippen MR) is 132 cm³/mol. The highest BCUT2D eigenvalue weighted by molar-refractivity contribution is 7.95. The third-order valence-corrected chi connectivity index (χ3v) is 7.70. The lowest BCUT2D eigenvalue weighted by molar-refractivity contribution is 0.414. The molecule has 0 amide bonds. The third kappa shape index (κ3) is 4.20. The van der Waals surface area contributed by atoms with E-state index in [0.717, 1.165) is 29.0 Å². The van der Waals surface area contributed by atoms with E-state index in [1.165, 1.54) is 12.1 Å². The number of nitrogens with two attached hydrogens (primary N) is 1. The second-order valence-corrected chi connectivity index (χ2v) is 9.98. The molecule has 9 heteroatoms. The van der Waals surface area contributed by atoms with Crippen molar-refractivity contribution >= 4 is 21.7 Å². The molecule has 5 rings (SSSR count). The van der Waals surface area contributed by atoms with E-state index in [4.69, 9.17) is 10.5 Å². The molecule has 4 aromatic rings. The van der Waals surface area contributed by atoms with Crippen molar-refractivity contribution in [2.75, 3.05) is 12.0 Å². The van der Waals surface area contributed by atoms with Crippen molar-refractivity contribution in [3.05, 3.63) is 113 Å². The van der Waals surface area contributed by atoms with Crippen LogP contribution >= 0.6 is 0 Å². The van der Waals surface area contributed by atoms with Crippen LogP contribution in [-0.4, -0.2) is 25.3 Å². The minimum atomic E-state index is -4.05. The Hall–Kier alpha value is -3.95. The molecule has 2 heterocycles. The van der Waals surface area contributed by atoms with E-state index < -0.39 is 21.8 Å². The lowest BCUT2D eigenvalue weighted by atomic mass is 10.0. The number of hydrogen-bond donors (Lipinski definition) is 1. The van der Waals surface area contributed by atoms with Gasteiger partial charge in [0.05, 0.1) is 24.7 Å². The Labute approximate surface area is 202 Å². The highest BCUT2D eigenvalue weighted by Crippen LogP contribution is 2.39. The number of sulfone groups is 1. The number of benzene rings is 3. The summed E-state index contributed by atoms with van der Waals surface area (Å²) in [4.78, 5) is 1.54. The molecule has 0 radical (unpaired) electrons. The molecule has 35 heavy (non-hydrogen) atoms. The summed E-state index contributed by atoms with van der Waals surface area (Å²) in [7, 11) is -2.44. The predicted octanol–water partition coefficient (Wildman–Crippen LogP) is 4.33. The molecule has 1 atom stereocenters. The van der Waals surface area contributed by atoms with E-state index in [9.17, 15) is 12.8 Å². The van der Waals surface area contributed by atoms with Gasteiger partial charge in [-0.15, -0.1) is 0 Å². The van der Waals surface area contributed by atoms with Gasteiger partial charge in [0, 0.05) is 6.07 Å². The van der Waals surface area contributed by atoms with Crippen LogP contribution in [0.15, 0.2) is 95.0 Å². The average molecular weight is 491 g/mol. The molecule has 178 valence electrons. The molecule has 1 unspecified atom stereocenters. The van der Waals surface area contributed by atoms with Crippen LogP contribution in [0.5, 0.6) is 5.75 Å². The van der Waals surface area contributed by atoms with Crippen molar-refractivity contribution < 1.29 is 17.5 Å². The molecular weight excluding hydrogens is 467 g/mol. The Bertz CT molecular complexity index is 1500. The summed E-state index contributed by atoms with van der Waals surface area (Å²) < 4.78 is 48.0. The smallest absolute Gasteiger partial charge is 0.222 e. The molecule has 2 N–H and O–H groups in total. The van der Waals surface area contributed by atoms with Crippen LogP contribution in [0.25, 0.3) is 6.08 Å². The number of rotatable bonds is 6. The fraction of sp³-hybridized carbons (Fsp3) is 0.115. The van der Waals surface area contributed by atoms with Crippen molar-refractivity contribution in [2.45, 2.75) is 17.6 Å². The molecule has 0 spiro atoms. The normalized spacial score (nSPS) is 15.5. The van der Waals surface area contributed by atoms with Crippen LogP contribution in [0.3, 0.4) is 0 Å². The van der Waals surface area contributed by atoms with Crippen LogP contribution < -0.4 is 15.4 Å². The molecule has 0 saturated heterocycles. The highest BCUT2D eigenvalue weighted by atomic mass is 32.2. The quantitative estimate of drug-likeness (QED) is 0.405.